The van der Waals surface area contributed by atoms with Gasteiger partial charge in [-0.1, -0.05) is 6.92 Å². The third kappa shape index (κ3) is 3.88. The summed E-state index contributed by atoms with van der Waals surface area (Å²) in [7, 11) is -6.79. The first-order valence-electron chi connectivity index (χ1n) is 7.32. The van der Waals surface area contributed by atoms with Gasteiger partial charge in [0.1, 0.15) is 4.21 Å². The van der Waals surface area contributed by atoms with Gasteiger partial charge in [0.05, 0.1) is 5.75 Å². The lowest BCUT2D eigenvalue weighted by molar-refractivity contribution is 0.405. The zero-order valence-corrected chi connectivity index (χ0v) is 15.3. The first-order chi connectivity index (χ1) is 10.3. The highest BCUT2D eigenvalue weighted by molar-refractivity contribution is 7.91. The monoisotopic (exact) mass is 366 g/mol. The van der Waals surface area contributed by atoms with Gasteiger partial charge in [0, 0.05) is 31.1 Å². The van der Waals surface area contributed by atoms with Crippen LogP contribution in [0.2, 0.25) is 0 Å². The van der Waals surface area contributed by atoms with Gasteiger partial charge in [-0.3, -0.25) is 0 Å². The van der Waals surface area contributed by atoms with Crippen LogP contribution in [0.15, 0.2) is 16.3 Å². The second-order valence-corrected chi connectivity index (χ2v) is 10.9. The van der Waals surface area contributed by atoms with Crippen molar-refractivity contribution in [3.8, 4) is 0 Å². The smallest absolute Gasteiger partial charge is 0.212 e. The molecule has 6 nitrogen and oxygen atoms in total. The maximum atomic E-state index is 12.6. The number of aryl methyl sites for hydroxylation is 1. The predicted octanol–water partition coefficient (Wildman–Crippen LogP) is 1.49. The van der Waals surface area contributed by atoms with Crippen molar-refractivity contribution in [1.29, 1.82) is 0 Å². The normalized spacial score (nSPS) is 19.2. The molecule has 0 unspecified atom stereocenters. The van der Waals surface area contributed by atoms with Crippen LogP contribution in [0, 0.1) is 6.92 Å². The largest absolute Gasteiger partial charge is 0.252 e. The van der Waals surface area contributed by atoms with Gasteiger partial charge in [-0.15, -0.1) is 11.3 Å². The molecule has 1 aliphatic heterocycles. The highest BCUT2D eigenvalue weighted by atomic mass is 32.2. The van der Waals surface area contributed by atoms with Crippen molar-refractivity contribution in [2.24, 2.45) is 0 Å². The van der Waals surface area contributed by atoms with Crippen molar-refractivity contribution < 1.29 is 16.8 Å². The highest BCUT2D eigenvalue weighted by Gasteiger charge is 2.31. The molecule has 1 fully saturated rings. The van der Waals surface area contributed by atoms with E-state index in [0.29, 0.717) is 30.1 Å². The lowest BCUT2D eigenvalue weighted by Crippen LogP contribution is -2.38. The van der Waals surface area contributed by atoms with Crippen LogP contribution in [0.1, 0.15) is 24.6 Å². The van der Waals surface area contributed by atoms with E-state index in [2.05, 4.69) is 0 Å². The maximum absolute atomic E-state index is 12.6. The fraction of sp³-hybridized carbons (Fsp3) is 0.692. The number of sulfonamides is 2. The van der Waals surface area contributed by atoms with E-state index in [1.165, 1.54) is 19.9 Å². The Balaban J connectivity index is 2.14. The molecule has 22 heavy (non-hydrogen) atoms. The third-order valence-electron chi connectivity index (χ3n) is 3.58. The van der Waals surface area contributed by atoms with Crippen molar-refractivity contribution in [1.82, 2.24) is 8.61 Å². The lowest BCUT2D eigenvalue weighted by Gasteiger charge is -2.21. The van der Waals surface area contributed by atoms with Crippen LogP contribution in [0.25, 0.3) is 0 Å². The van der Waals surface area contributed by atoms with Crippen LogP contribution < -0.4 is 0 Å². The molecular weight excluding hydrogens is 344 g/mol. The second kappa shape index (κ2) is 6.96. The van der Waals surface area contributed by atoms with Crippen LogP contribution in [0.5, 0.6) is 0 Å². The predicted molar refractivity (Wildman–Crippen MR) is 88.1 cm³/mol. The van der Waals surface area contributed by atoms with Crippen molar-refractivity contribution in [3.05, 3.63) is 17.0 Å². The molecule has 0 radical (unpaired) electrons. The van der Waals surface area contributed by atoms with E-state index < -0.39 is 20.0 Å². The Hall–Kier alpha value is -0.480. The highest BCUT2D eigenvalue weighted by Crippen LogP contribution is 2.25. The summed E-state index contributed by atoms with van der Waals surface area (Å²) < 4.78 is 52.6. The molecule has 0 amide bonds. The molecule has 1 aromatic heterocycles. The molecule has 0 N–H and O–H groups in total. The summed E-state index contributed by atoms with van der Waals surface area (Å²) in [5.41, 5.74) is 0. The van der Waals surface area contributed by atoms with Crippen LogP contribution in [-0.4, -0.2) is 57.4 Å². The Morgan fingerprint density at radius 3 is 2.27 bits per heavy atom. The van der Waals surface area contributed by atoms with E-state index in [4.69, 9.17) is 0 Å². The summed E-state index contributed by atoms with van der Waals surface area (Å²) in [4.78, 5) is 0.945. The Kier molecular flexibility index (Phi) is 5.65. The molecule has 0 aromatic carbocycles. The summed E-state index contributed by atoms with van der Waals surface area (Å²) in [6.07, 6.45) is 1.09. The van der Waals surface area contributed by atoms with Crippen molar-refractivity contribution >= 4 is 31.4 Å². The van der Waals surface area contributed by atoms with Crippen LogP contribution in [0.4, 0.5) is 0 Å². The van der Waals surface area contributed by atoms with Gasteiger partial charge >= 0.3 is 0 Å². The minimum atomic E-state index is -3.52. The minimum Gasteiger partial charge on any atom is -0.212 e. The topological polar surface area (TPSA) is 74.8 Å². The zero-order chi connectivity index (χ0) is 16.4. The average Bonchev–Trinajstić information content (AvgIpc) is 2.73. The molecular formula is C13H22N2O4S3. The van der Waals surface area contributed by atoms with Crippen molar-refractivity contribution in [3.63, 3.8) is 0 Å². The molecule has 2 heterocycles. The SMILES string of the molecule is CCCS(=O)(=O)N1CCCN(S(=O)(=O)c2ccc(C)s2)CC1. The average molecular weight is 367 g/mol. The Labute approximate surface area is 136 Å². The first kappa shape index (κ1) is 17.9. The number of nitrogens with zero attached hydrogens (tertiary/aromatic N) is 2. The zero-order valence-electron chi connectivity index (χ0n) is 12.9. The van der Waals surface area contributed by atoms with Gasteiger partial charge in [0.2, 0.25) is 10.0 Å². The molecule has 0 spiro atoms. The van der Waals surface area contributed by atoms with E-state index in [0.717, 1.165) is 4.88 Å². The van der Waals surface area contributed by atoms with E-state index in [1.54, 1.807) is 12.1 Å². The number of hydrogen-bond acceptors (Lipinski definition) is 5. The van der Waals surface area contributed by atoms with E-state index >= 15 is 0 Å². The van der Waals surface area contributed by atoms with Crippen molar-refractivity contribution in [2.45, 2.75) is 30.9 Å². The molecule has 1 aliphatic rings. The molecule has 0 bridgehead atoms. The molecule has 0 aliphatic carbocycles. The van der Waals surface area contributed by atoms with Gasteiger partial charge in [-0.2, -0.15) is 4.31 Å². The molecule has 9 heteroatoms. The standard InChI is InChI=1S/C13H22N2O4S3/c1-3-11-21(16,17)14-7-4-8-15(10-9-14)22(18,19)13-6-5-12(2)20-13/h5-6H,3-4,7-11H2,1-2H3. The first-order valence-corrected chi connectivity index (χ1v) is 11.2. The lowest BCUT2D eigenvalue weighted by atomic mass is 10.4. The Morgan fingerprint density at radius 1 is 1.05 bits per heavy atom. The Morgan fingerprint density at radius 2 is 1.68 bits per heavy atom. The van der Waals surface area contributed by atoms with Gasteiger partial charge in [-0.05, 0) is 31.9 Å². The molecule has 0 saturated carbocycles. The number of rotatable bonds is 5. The number of thiophene rings is 1. The van der Waals surface area contributed by atoms with Gasteiger partial charge < -0.3 is 0 Å². The summed E-state index contributed by atoms with van der Waals surface area (Å²) in [5.74, 6) is 0.115. The molecule has 126 valence electrons. The van der Waals surface area contributed by atoms with Gasteiger partial charge in [0.15, 0.2) is 0 Å². The summed E-state index contributed by atoms with van der Waals surface area (Å²) >= 11 is 1.25. The quantitative estimate of drug-likeness (QED) is 0.791. The maximum Gasteiger partial charge on any atom is 0.252 e. The van der Waals surface area contributed by atoms with E-state index in [1.807, 2.05) is 13.8 Å². The fourth-order valence-corrected chi connectivity index (χ4v) is 6.90. The minimum absolute atomic E-state index is 0.115. The van der Waals surface area contributed by atoms with Crippen LogP contribution >= 0.6 is 11.3 Å². The summed E-state index contributed by atoms with van der Waals surface area (Å²) in [6.45, 7) is 4.87. The fourth-order valence-electron chi connectivity index (χ4n) is 2.45. The second-order valence-electron chi connectivity index (χ2n) is 5.34. The summed E-state index contributed by atoms with van der Waals surface area (Å²) in [6, 6.07) is 3.40. The Bertz CT molecular complexity index is 709. The van der Waals surface area contributed by atoms with Gasteiger partial charge in [-0.25, -0.2) is 21.1 Å². The van der Waals surface area contributed by atoms with E-state index in [9.17, 15) is 16.8 Å². The number of hydrogen-bond donors (Lipinski definition) is 0. The van der Waals surface area contributed by atoms with Crippen LogP contribution in [0.3, 0.4) is 0 Å². The van der Waals surface area contributed by atoms with E-state index in [-0.39, 0.29) is 18.8 Å². The molecule has 1 saturated heterocycles. The van der Waals surface area contributed by atoms with Crippen molar-refractivity contribution in [2.75, 3.05) is 31.9 Å². The van der Waals surface area contributed by atoms with Gasteiger partial charge in [0.25, 0.3) is 10.0 Å². The molecule has 2 rings (SSSR count). The summed E-state index contributed by atoms with van der Waals surface area (Å²) in [5, 5.41) is 0. The molecule has 1 aromatic rings. The molecule has 0 atom stereocenters. The van der Waals surface area contributed by atoms with Crippen LogP contribution in [-0.2, 0) is 20.0 Å². The third-order valence-corrected chi connectivity index (χ3v) is 9.02.